The van der Waals surface area contributed by atoms with Gasteiger partial charge in [0.1, 0.15) is 12.1 Å². The molecule has 1 unspecified atom stereocenters. The lowest BCUT2D eigenvalue weighted by molar-refractivity contribution is -0.141. The number of aliphatic carboxylic acids is 1. The summed E-state index contributed by atoms with van der Waals surface area (Å²) in [6, 6.07) is -2.45. The van der Waals surface area contributed by atoms with Crippen LogP contribution in [0.1, 0.15) is 27.7 Å². The molecule has 18 heavy (non-hydrogen) atoms. The lowest BCUT2D eigenvalue weighted by atomic mass is 9.87. The monoisotopic (exact) mass is 259 g/mol. The Kier molecular flexibility index (Phi) is 5.61. The van der Waals surface area contributed by atoms with E-state index >= 15 is 0 Å². The lowest BCUT2D eigenvalue weighted by Gasteiger charge is -2.28. The largest absolute Gasteiger partial charge is 0.480 e. The van der Waals surface area contributed by atoms with Gasteiger partial charge in [-0.05, 0) is 12.3 Å². The fourth-order valence-corrected chi connectivity index (χ4v) is 1.30. The first-order chi connectivity index (χ1) is 8.09. The first-order valence-electron chi connectivity index (χ1n) is 5.61. The highest BCUT2D eigenvalue weighted by Crippen LogP contribution is 2.19. The van der Waals surface area contributed by atoms with Crippen LogP contribution in [0.25, 0.3) is 0 Å². The second-order valence-electron chi connectivity index (χ2n) is 5.09. The average molecular weight is 259 g/mol. The van der Waals surface area contributed by atoms with Crippen LogP contribution >= 0.6 is 0 Å². The molecule has 4 N–H and O–H groups in total. The number of rotatable bonds is 4. The van der Waals surface area contributed by atoms with E-state index in [2.05, 4.69) is 16.0 Å². The van der Waals surface area contributed by atoms with E-state index in [0.29, 0.717) is 0 Å². The minimum Gasteiger partial charge on any atom is -0.480 e. The Morgan fingerprint density at radius 1 is 1.11 bits per heavy atom. The number of carbonyl (C=O) groups is 3. The maximum absolute atomic E-state index is 11.6. The molecule has 7 heteroatoms. The molecule has 0 rings (SSSR count). The summed E-state index contributed by atoms with van der Waals surface area (Å²) in [7, 11) is 1.45. The predicted octanol–water partition coefficient (Wildman–Crippen LogP) is -0.0806. The standard InChI is InChI=1S/C11H21N3O4/c1-6(8(15)12-5)13-10(18)14-7(9(16)17)11(2,3)4/h6-7H,1-5H3,(H,12,15)(H,16,17)(H2,13,14,18)/t6?,7-/m0/s1. The van der Waals surface area contributed by atoms with Crippen LogP contribution in [0.3, 0.4) is 0 Å². The molecule has 0 radical (unpaired) electrons. The summed E-state index contributed by atoms with van der Waals surface area (Å²) in [5, 5.41) is 16.1. The molecular formula is C11H21N3O4. The zero-order valence-electron chi connectivity index (χ0n) is 11.3. The molecule has 0 aromatic rings. The number of nitrogens with one attached hydrogen (secondary N) is 3. The van der Waals surface area contributed by atoms with E-state index in [1.165, 1.54) is 14.0 Å². The summed E-state index contributed by atoms with van der Waals surface area (Å²) in [5.74, 6) is -1.47. The Labute approximate surface area is 106 Å². The van der Waals surface area contributed by atoms with E-state index in [0.717, 1.165) is 0 Å². The van der Waals surface area contributed by atoms with Gasteiger partial charge in [0.25, 0.3) is 0 Å². The molecule has 0 aromatic heterocycles. The number of carboxylic acids is 1. The summed E-state index contributed by atoms with van der Waals surface area (Å²) >= 11 is 0. The highest BCUT2D eigenvalue weighted by molar-refractivity contribution is 5.88. The van der Waals surface area contributed by atoms with Gasteiger partial charge in [0.15, 0.2) is 0 Å². The first kappa shape index (κ1) is 16.2. The third-order valence-corrected chi connectivity index (χ3v) is 2.38. The van der Waals surface area contributed by atoms with Gasteiger partial charge in [-0.2, -0.15) is 0 Å². The Morgan fingerprint density at radius 2 is 1.61 bits per heavy atom. The van der Waals surface area contributed by atoms with Crippen LogP contribution in [0.15, 0.2) is 0 Å². The average Bonchev–Trinajstić information content (AvgIpc) is 2.22. The van der Waals surface area contributed by atoms with Crippen molar-refractivity contribution in [2.75, 3.05) is 7.05 Å². The summed E-state index contributed by atoms with van der Waals surface area (Å²) < 4.78 is 0. The highest BCUT2D eigenvalue weighted by atomic mass is 16.4. The van der Waals surface area contributed by atoms with Gasteiger partial charge >= 0.3 is 12.0 Å². The van der Waals surface area contributed by atoms with E-state index < -0.39 is 29.5 Å². The minimum absolute atomic E-state index is 0.354. The van der Waals surface area contributed by atoms with Crippen molar-refractivity contribution in [3.8, 4) is 0 Å². The zero-order chi connectivity index (χ0) is 14.5. The molecule has 104 valence electrons. The van der Waals surface area contributed by atoms with Gasteiger partial charge in [-0.15, -0.1) is 0 Å². The van der Waals surface area contributed by atoms with E-state index in [1.807, 2.05) is 0 Å². The van der Waals surface area contributed by atoms with Crippen molar-refractivity contribution < 1.29 is 19.5 Å². The van der Waals surface area contributed by atoms with Gasteiger partial charge in [-0.25, -0.2) is 9.59 Å². The summed E-state index contributed by atoms with van der Waals surface area (Å²) in [4.78, 5) is 33.8. The highest BCUT2D eigenvalue weighted by Gasteiger charge is 2.33. The topological polar surface area (TPSA) is 108 Å². The van der Waals surface area contributed by atoms with Crippen LogP contribution < -0.4 is 16.0 Å². The van der Waals surface area contributed by atoms with Crippen molar-refractivity contribution in [2.24, 2.45) is 5.41 Å². The molecule has 0 saturated heterocycles. The van der Waals surface area contributed by atoms with Crippen molar-refractivity contribution in [1.82, 2.24) is 16.0 Å². The molecule has 0 aliphatic carbocycles. The molecule has 7 nitrogen and oxygen atoms in total. The molecule has 0 heterocycles. The Hall–Kier alpha value is -1.79. The van der Waals surface area contributed by atoms with E-state index in [1.54, 1.807) is 20.8 Å². The number of likely N-dealkylation sites (N-methyl/N-ethyl adjacent to an activating group) is 1. The third kappa shape index (κ3) is 5.03. The van der Waals surface area contributed by atoms with Crippen LogP contribution in [0.2, 0.25) is 0 Å². The zero-order valence-corrected chi connectivity index (χ0v) is 11.3. The second kappa shape index (κ2) is 6.23. The molecule has 0 fully saturated rings. The molecule has 3 amide bonds. The number of hydrogen-bond acceptors (Lipinski definition) is 3. The third-order valence-electron chi connectivity index (χ3n) is 2.38. The Bertz CT molecular complexity index is 336. The quantitative estimate of drug-likeness (QED) is 0.566. The van der Waals surface area contributed by atoms with Crippen LogP contribution in [-0.4, -0.2) is 42.1 Å². The smallest absolute Gasteiger partial charge is 0.326 e. The fourth-order valence-electron chi connectivity index (χ4n) is 1.30. The first-order valence-corrected chi connectivity index (χ1v) is 5.61. The molecule has 0 aliphatic heterocycles. The van der Waals surface area contributed by atoms with Gasteiger partial charge < -0.3 is 21.1 Å². The number of urea groups is 1. The van der Waals surface area contributed by atoms with Gasteiger partial charge in [-0.1, -0.05) is 20.8 Å². The van der Waals surface area contributed by atoms with Crippen molar-refractivity contribution >= 4 is 17.9 Å². The second-order valence-corrected chi connectivity index (χ2v) is 5.09. The van der Waals surface area contributed by atoms with Crippen molar-refractivity contribution in [1.29, 1.82) is 0 Å². The molecular weight excluding hydrogens is 238 g/mol. The molecule has 0 aromatic carbocycles. The van der Waals surface area contributed by atoms with Crippen LogP contribution in [0, 0.1) is 5.41 Å². The predicted molar refractivity (Wildman–Crippen MR) is 66.1 cm³/mol. The molecule has 0 bridgehead atoms. The van der Waals surface area contributed by atoms with E-state index in [4.69, 9.17) is 5.11 Å². The number of carbonyl (C=O) groups excluding carboxylic acids is 2. The SMILES string of the molecule is CNC(=O)C(C)NC(=O)N[C@@H](C(=O)O)C(C)(C)C. The Morgan fingerprint density at radius 3 is 1.94 bits per heavy atom. The minimum atomic E-state index is -1.12. The van der Waals surface area contributed by atoms with Crippen molar-refractivity contribution in [3.63, 3.8) is 0 Å². The van der Waals surface area contributed by atoms with Crippen LogP contribution in [-0.2, 0) is 9.59 Å². The van der Waals surface area contributed by atoms with E-state index in [-0.39, 0.29) is 5.91 Å². The maximum Gasteiger partial charge on any atom is 0.326 e. The van der Waals surface area contributed by atoms with Crippen LogP contribution in [0.4, 0.5) is 4.79 Å². The molecule has 2 atom stereocenters. The summed E-state index contributed by atoms with van der Waals surface area (Å²) in [6.45, 7) is 6.61. The Balaban J connectivity index is 4.54. The molecule has 0 aliphatic rings. The molecule has 0 spiro atoms. The van der Waals surface area contributed by atoms with Crippen LogP contribution in [0.5, 0.6) is 0 Å². The van der Waals surface area contributed by atoms with Crippen molar-refractivity contribution in [2.45, 2.75) is 39.8 Å². The molecule has 0 saturated carbocycles. The summed E-state index contributed by atoms with van der Waals surface area (Å²) in [5.41, 5.74) is -0.626. The maximum atomic E-state index is 11.6. The number of amides is 3. The fraction of sp³-hybridized carbons (Fsp3) is 0.727. The number of hydrogen-bond donors (Lipinski definition) is 4. The summed E-state index contributed by atoms with van der Waals surface area (Å²) in [6.07, 6.45) is 0. The van der Waals surface area contributed by atoms with Gasteiger partial charge in [0.2, 0.25) is 5.91 Å². The number of carboxylic acid groups (broad SMARTS) is 1. The van der Waals surface area contributed by atoms with E-state index in [9.17, 15) is 14.4 Å². The lowest BCUT2D eigenvalue weighted by Crippen LogP contribution is -2.55. The van der Waals surface area contributed by atoms with Gasteiger partial charge in [-0.3, -0.25) is 4.79 Å². The normalized spacial score (nSPS) is 14.3. The van der Waals surface area contributed by atoms with Gasteiger partial charge in [0.05, 0.1) is 0 Å². The van der Waals surface area contributed by atoms with Gasteiger partial charge in [0, 0.05) is 7.05 Å². The van der Waals surface area contributed by atoms with Crippen molar-refractivity contribution in [3.05, 3.63) is 0 Å².